The molecule has 0 spiro atoms. The fraction of sp³-hybridized carbons (Fsp3) is 0.125. The monoisotopic (exact) mass is 192 g/mol. The van der Waals surface area contributed by atoms with Crippen molar-refractivity contribution < 1.29 is 0 Å². The van der Waals surface area contributed by atoms with E-state index in [0.717, 1.165) is 10.1 Å². The van der Waals surface area contributed by atoms with Crippen molar-refractivity contribution in [3.8, 4) is 0 Å². The lowest BCUT2D eigenvalue weighted by Crippen LogP contribution is -1.88. The lowest BCUT2D eigenvalue weighted by atomic mass is 10.5. The maximum absolute atomic E-state index is 4.02. The molecule has 0 atom stereocenters. The van der Waals surface area contributed by atoms with Gasteiger partial charge in [0, 0.05) is 24.3 Å². The zero-order valence-electron chi connectivity index (χ0n) is 7.08. The summed E-state index contributed by atoms with van der Waals surface area (Å²) in [6, 6.07) is 3.89. The Labute approximate surface area is 80.0 Å². The topological polar surface area (TPSA) is 43.6 Å². The smallest absolute Gasteiger partial charge is 0.195 e. The number of aryl methyl sites for hydroxylation is 1. The average Bonchev–Trinajstić information content (AvgIpc) is 2.54. The minimum absolute atomic E-state index is 0.869. The first-order valence-corrected chi connectivity index (χ1v) is 4.60. The summed E-state index contributed by atoms with van der Waals surface area (Å²) in [7, 11) is 1.92. The van der Waals surface area contributed by atoms with Gasteiger partial charge in [-0.3, -0.25) is 4.98 Å². The normalized spacial score (nSPS) is 10.2. The molecular weight excluding hydrogens is 184 g/mol. The Kier molecular flexibility index (Phi) is 2.27. The summed E-state index contributed by atoms with van der Waals surface area (Å²) in [6.07, 6.45) is 5.23. The van der Waals surface area contributed by atoms with Gasteiger partial charge in [-0.2, -0.15) is 0 Å². The highest BCUT2D eigenvalue weighted by molar-refractivity contribution is 7.99. The van der Waals surface area contributed by atoms with E-state index in [1.807, 2.05) is 23.7 Å². The summed E-state index contributed by atoms with van der Waals surface area (Å²) in [4.78, 5) is 5.08. The summed E-state index contributed by atoms with van der Waals surface area (Å²) in [5.74, 6) is 0. The van der Waals surface area contributed by atoms with Crippen LogP contribution in [0.3, 0.4) is 0 Å². The Balaban J connectivity index is 2.20. The van der Waals surface area contributed by atoms with Crippen LogP contribution >= 0.6 is 11.8 Å². The predicted molar refractivity (Wildman–Crippen MR) is 49.4 cm³/mol. The third-order valence-electron chi connectivity index (χ3n) is 1.51. The van der Waals surface area contributed by atoms with Crippen molar-refractivity contribution in [2.24, 2.45) is 7.05 Å². The summed E-state index contributed by atoms with van der Waals surface area (Å²) in [5.41, 5.74) is 0. The molecule has 4 nitrogen and oxygen atoms in total. The highest BCUT2D eigenvalue weighted by atomic mass is 32.2. The lowest BCUT2D eigenvalue weighted by Gasteiger charge is -1.98. The third kappa shape index (κ3) is 1.86. The largest absolute Gasteiger partial charge is 0.311 e. The van der Waals surface area contributed by atoms with E-state index in [0.29, 0.717) is 0 Å². The molecule has 0 N–H and O–H groups in total. The first kappa shape index (κ1) is 8.25. The number of nitrogens with zero attached hydrogens (tertiary/aromatic N) is 4. The van der Waals surface area contributed by atoms with Crippen molar-refractivity contribution in [2.75, 3.05) is 0 Å². The van der Waals surface area contributed by atoms with Gasteiger partial charge < -0.3 is 4.57 Å². The van der Waals surface area contributed by atoms with E-state index in [1.165, 1.54) is 0 Å². The first-order chi connectivity index (χ1) is 6.36. The van der Waals surface area contributed by atoms with Crippen molar-refractivity contribution in [1.82, 2.24) is 19.7 Å². The molecule has 5 heteroatoms. The van der Waals surface area contributed by atoms with Gasteiger partial charge in [-0.1, -0.05) is 0 Å². The summed E-state index contributed by atoms with van der Waals surface area (Å²) in [6.45, 7) is 0. The molecule has 2 aromatic rings. The van der Waals surface area contributed by atoms with Crippen LogP contribution in [0.2, 0.25) is 0 Å². The Morgan fingerprint density at radius 3 is 3.00 bits per heavy atom. The maximum atomic E-state index is 4.02. The van der Waals surface area contributed by atoms with Crippen LogP contribution < -0.4 is 0 Å². The third-order valence-corrected chi connectivity index (χ3v) is 2.54. The highest BCUT2D eigenvalue weighted by Gasteiger charge is 2.02. The van der Waals surface area contributed by atoms with Crippen LogP contribution in [0.1, 0.15) is 0 Å². The molecule has 0 aliphatic rings. The van der Waals surface area contributed by atoms with E-state index in [4.69, 9.17) is 0 Å². The zero-order chi connectivity index (χ0) is 9.10. The molecule has 0 amide bonds. The van der Waals surface area contributed by atoms with Crippen LogP contribution in [-0.2, 0) is 7.05 Å². The van der Waals surface area contributed by atoms with Crippen LogP contribution in [0.15, 0.2) is 40.9 Å². The second kappa shape index (κ2) is 3.57. The van der Waals surface area contributed by atoms with Crippen molar-refractivity contribution in [2.45, 2.75) is 10.1 Å². The van der Waals surface area contributed by atoms with Crippen LogP contribution in [0.5, 0.6) is 0 Å². The SMILES string of the molecule is Cn1cnnc1Sc1cccnc1. The molecule has 2 rings (SSSR count). The van der Waals surface area contributed by atoms with Crippen molar-refractivity contribution in [3.63, 3.8) is 0 Å². The fourth-order valence-corrected chi connectivity index (χ4v) is 1.63. The Hall–Kier alpha value is -1.36. The molecule has 0 aliphatic carbocycles. The summed E-state index contributed by atoms with van der Waals surface area (Å²) < 4.78 is 1.87. The molecule has 2 heterocycles. The quantitative estimate of drug-likeness (QED) is 0.720. The second-order valence-corrected chi connectivity index (χ2v) is 3.56. The van der Waals surface area contributed by atoms with Crippen molar-refractivity contribution in [1.29, 1.82) is 0 Å². The number of rotatable bonds is 2. The van der Waals surface area contributed by atoms with Crippen molar-refractivity contribution >= 4 is 11.8 Å². The van der Waals surface area contributed by atoms with Crippen molar-refractivity contribution in [3.05, 3.63) is 30.9 Å². The van der Waals surface area contributed by atoms with E-state index >= 15 is 0 Å². The minimum atomic E-state index is 0.869. The molecule has 2 aromatic heterocycles. The van der Waals surface area contributed by atoms with E-state index in [1.54, 1.807) is 30.5 Å². The number of hydrogen-bond acceptors (Lipinski definition) is 4. The summed E-state index contributed by atoms with van der Waals surface area (Å²) in [5, 5.41) is 8.62. The van der Waals surface area contributed by atoms with Crippen LogP contribution in [0.25, 0.3) is 0 Å². The Morgan fingerprint density at radius 2 is 2.38 bits per heavy atom. The van der Waals surface area contributed by atoms with E-state index in [2.05, 4.69) is 15.2 Å². The first-order valence-electron chi connectivity index (χ1n) is 3.78. The number of pyridine rings is 1. The molecule has 0 aromatic carbocycles. The van der Waals surface area contributed by atoms with Gasteiger partial charge >= 0.3 is 0 Å². The number of aromatic nitrogens is 4. The van der Waals surface area contributed by atoms with E-state index < -0.39 is 0 Å². The van der Waals surface area contributed by atoms with Gasteiger partial charge in [0.05, 0.1) is 0 Å². The van der Waals surface area contributed by atoms with E-state index in [-0.39, 0.29) is 0 Å². The molecule has 0 aliphatic heterocycles. The van der Waals surface area contributed by atoms with Crippen LogP contribution in [-0.4, -0.2) is 19.7 Å². The molecule has 66 valence electrons. The van der Waals surface area contributed by atoms with Gasteiger partial charge in [0.15, 0.2) is 5.16 Å². The predicted octanol–water partition coefficient (Wildman–Crippen LogP) is 1.36. The minimum Gasteiger partial charge on any atom is -0.311 e. The molecule has 0 fully saturated rings. The fourth-order valence-electron chi connectivity index (χ4n) is 0.878. The van der Waals surface area contributed by atoms with Gasteiger partial charge in [0.25, 0.3) is 0 Å². The van der Waals surface area contributed by atoms with E-state index in [9.17, 15) is 0 Å². The second-order valence-electron chi connectivity index (χ2n) is 2.52. The lowest BCUT2D eigenvalue weighted by molar-refractivity contribution is 0.788. The maximum Gasteiger partial charge on any atom is 0.195 e. The zero-order valence-corrected chi connectivity index (χ0v) is 7.90. The van der Waals surface area contributed by atoms with Gasteiger partial charge in [-0.15, -0.1) is 10.2 Å². The van der Waals surface area contributed by atoms with Gasteiger partial charge in [-0.25, -0.2) is 0 Å². The molecule has 0 bridgehead atoms. The van der Waals surface area contributed by atoms with Gasteiger partial charge in [0.1, 0.15) is 6.33 Å². The molecule has 0 unspecified atom stereocenters. The van der Waals surface area contributed by atoms with Gasteiger partial charge in [-0.05, 0) is 23.9 Å². The molecule has 13 heavy (non-hydrogen) atoms. The van der Waals surface area contributed by atoms with Crippen LogP contribution in [0, 0.1) is 0 Å². The average molecular weight is 192 g/mol. The molecule has 0 saturated heterocycles. The molecule has 0 saturated carbocycles. The number of hydrogen-bond donors (Lipinski definition) is 0. The Bertz CT molecular complexity index is 384. The highest BCUT2D eigenvalue weighted by Crippen LogP contribution is 2.23. The molecular formula is C8H8N4S. The molecule has 0 radical (unpaired) electrons. The summed E-state index contributed by atoms with van der Waals surface area (Å²) >= 11 is 1.55. The standard InChI is InChI=1S/C8H8N4S/c1-12-6-10-11-8(12)13-7-3-2-4-9-5-7/h2-6H,1H3. The Morgan fingerprint density at radius 1 is 1.46 bits per heavy atom. The van der Waals surface area contributed by atoms with Gasteiger partial charge in [0.2, 0.25) is 0 Å². The van der Waals surface area contributed by atoms with Crippen LogP contribution in [0.4, 0.5) is 0 Å².